The van der Waals surface area contributed by atoms with Crippen LogP contribution in [0.4, 0.5) is 13.2 Å². The number of fused-ring (bicyclic) bond motifs is 7. The zero-order valence-corrected chi connectivity index (χ0v) is 17.2. The van der Waals surface area contributed by atoms with Gasteiger partial charge in [0.15, 0.2) is 0 Å². The van der Waals surface area contributed by atoms with E-state index in [0.29, 0.717) is 11.5 Å². The molecule has 146 valence electrons. The third-order valence-corrected chi connectivity index (χ3v) is 6.19. The molecular weight excluding hydrogens is 403 g/mol. The van der Waals surface area contributed by atoms with Crippen LogP contribution < -0.4 is 26.4 Å². The van der Waals surface area contributed by atoms with Gasteiger partial charge in [-0.3, -0.25) is 0 Å². The Kier molecular flexibility index (Phi) is 5.77. The quantitative estimate of drug-likeness (QED) is 0.469. The fourth-order valence-electron chi connectivity index (χ4n) is 3.68. The molecule has 4 aromatic carbocycles. The number of alkyl halides is 3. The summed E-state index contributed by atoms with van der Waals surface area (Å²) < 4.78 is 54.9. The molecule has 4 aromatic rings. The van der Waals surface area contributed by atoms with Crippen molar-refractivity contribution in [3.05, 3.63) is 72.8 Å². The monoisotopic (exact) mass is 418 g/mol. The van der Waals surface area contributed by atoms with E-state index in [1.54, 1.807) is 12.1 Å². The van der Waals surface area contributed by atoms with Crippen molar-refractivity contribution in [1.29, 1.82) is 0 Å². The minimum Gasteiger partial charge on any atom is -1.00 e. The van der Waals surface area contributed by atoms with Gasteiger partial charge in [-0.2, -0.15) is 13.2 Å². The number of hydrogen-bond acceptors (Lipinski definition) is 3. The summed E-state index contributed by atoms with van der Waals surface area (Å²) in [4.78, 5) is 0. The summed E-state index contributed by atoms with van der Waals surface area (Å²) in [5, 5.41) is 3.89. The molecule has 5 rings (SSSR count). The van der Waals surface area contributed by atoms with Crippen LogP contribution in [-0.2, 0) is 3.79 Å². The van der Waals surface area contributed by atoms with Gasteiger partial charge in [0.2, 0.25) is 0 Å². The predicted molar refractivity (Wildman–Crippen MR) is 107 cm³/mol. The number of hydrogen-bond donors (Lipinski definition) is 0. The molecule has 0 spiro atoms. The van der Waals surface area contributed by atoms with E-state index in [0.717, 1.165) is 32.7 Å². The van der Waals surface area contributed by atoms with Gasteiger partial charge in [0, 0.05) is 11.1 Å². The van der Waals surface area contributed by atoms with Gasteiger partial charge in [-0.05, 0) is 33.7 Å². The van der Waals surface area contributed by atoms with Crippen LogP contribution in [0.2, 0.25) is 0 Å². The summed E-state index contributed by atoms with van der Waals surface area (Å²) in [6, 6.07) is 23.0. The second-order valence-corrected chi connectivity index (χ2v) is 8.15. The first-order valence-corrected chi connectivity index (χ1v) is 10.5. The van der Waals surface area contributed by atoms with Gasteiger partial charge in [0.1, 0.15) is 6.61 Å². The van der Waals surface area contributed by atoms with Crippen molar-refractivity contribution in [2.45, 2.75) is 6.18 Å². The Bertz CT molecular complexity index is 1150. The van der Waals surface area contributed by atoms with E-state index >= 15 is 0 Å². The maximum atomic E-state index is 12.7. The van der Waals surface area contributed by atoms with Crippen LogP contribution in [0.3, 0.4) is 0 Å². The van der Waals surface area contributed by atoms with Crippen LogP contribution >= 0.6 is 0 Å². The first-order chi connectivity index (χ1) is 14.0. The smallest absolute Gasteiger partial charge is 1.00 e. The molecule has 0 radical (unpaired) electrons. The summed E-state index contributed by atoms with van der Waals surface area (Å²) in [5.74, 6) is 0.940. The van der Waals surface area contributed by atoms with E-state index in [-0.39, 0.29) is 20.3 Å². The number of halogens is 3. The van der Waals surface area contributed by atoms with Gasteiger partial charge in [-0.1, -0.05) is 60.7 Å². The van der Waals surface area contributed by atoms with Crippen molar-refractivity contribution in [1.82, 2.24) is 0 Å². The standard InChI is InChI=1S/C20H14O2.C2H2F3O.Al.Li.H/c21-17-11-9-13-5-1-3-7-15(13)19(17)20-16-8-4-2-6-14(16)10-12-18(20)22;3-2(4,5)1-6;;;/h1-12,21-22H;1H2;;;/q;-1;+3;+1;-1/p-2. The molecule has 0 bridgehead atoms. The first kappa shape index (κ1) is 21.1. The van der Waals surface area contributed by atoms with Crippen molar-refractivity contribution in [2.75, 3.05) is 6.61 Å². The molecule has 0 N–H and O–H groups in total. The first-order valence-electron chi connectivity index (χ1n) is 9.05. The molecule has 0 atom stereocenters. The molecule has 0 fully saturated rings. The average molecular weight is 418 g/mol. The molecule has 0 unspecified atom stereocenters. The molecule has 1 aliphatic rings. The fourth-order valence-corrected chi connectivity index (χ4v) is 4.99. The van der Waals surface area contributed by atoms with Gasteiger partial charge in [-0.25, -0.2) is 0 Å². The third kappa shape index (κ3) is 3.93. The van der Waals surface area contributed by atoms with E-state index in [1.165, 1.54) is 0 Å². The Hall–Kier alpha value is -2.12. The second-order valence-electron chi connectivity index (χ2n) is 6.77. The molecule has 0 aromatic heterocycles. The van der Waals surface area contributed by atoms with Gasteiger partial charge in [-0.15, -0.1) is 0 Å². The second kappa shape index (κ2) is 8.19. The fraction of sp³-hybridized carbons (Fsp3) is 0.0909. The SMILES string of the molecule is FC(F)(F)C[O][Al]1[O]c2ccc3ccccc3c2-c2c(ccc3ccccc23)[O]1.[H-].[Li+]. The van der Waals surface area contributed by atoms with Gasteiger partial charge < -0.3 is 12.8 Å². The van der Waals surface area contributed by atoms with Crippen LogP contribution in [0.15, 0.2) is 72.8 Å². The van der Waals surface area contributed by atoms with Gasteiger partial charge in [0.25, 0.3) is 0 Å². The van der Waals surface area contributed by atoms with E-state index in [9.17, 15) is 13.2 Å². The summed E-state index contributed by atoms with van der Waals surface area (Å²) in [6.07, 6.45) is -4.45. The third-order valence-electron chi connectivity index (χ3n) is 4.86. The van der Waals surface area contributed by atoms with Crippen LogP contribution in [0, 0.1) is 0 Å². The van der Waals surface area contributed by atoms with Gasteiger partial charge in [0.05, 0.1) is 11.5 Å². The Morgan fingerprint density at radius 3 is 1.67 bits per heavy atom. The van der Waals surface area contributed by atoms with E-state index in [4.69, 9.17) is 11.4 Å². The van der Waals surface area contributed by atoms with Crippen LogP contribution in [-0.4, -0.2) is 27.9 Å². The predicted octanol–water partition coefficient (Wildman–Crippen LogP) is 3.11. The van der Waals surface area contributed by atoms with E-state index < -0.39 is 27.9 Å². The Labute approximate surface area is 189 Å². The van der Waals surface area contributed by atoms with Crippen molar-refractivity contribution >= 4 is 36.7 Å². The minimum atomic E-state index is -4.45. The molecule has 8 heteroatoms. The molecule has 30 heavy (non-hydrogen) atoms. The molecule has 3 nitrogen and oxygen atoms in total. The summed E-state index contributed by atoms with van der Waals surface area (Å²) >= 11 is -3.13. The largest absolute Gasteiger partial charge is 1.10 e. The molecule has 1 heterocycles. The van der Waals surface area contributed by atoms with E-state index in [2.05, 4.69) is 0 Å². The van der Waals surface area contributed by atoms with Crippen molar-refractivity contribution in [2.24, 2.45) is 0 Å². The Morgan fingerprint density at radius 2 is 1.20 bits per heavy atom. The number of benzene rings is 4. The van der Waals surface area contributed by atoms with Crippen molar-refractivity contribution in [3.63, 3.8) is 0 Å². The average Bonchev–Trinajstić information content (AvgIpc) is 2.88. The topological polar surface area (TPSA) is 27.7 Å². The Balaban J connectivity index is 0.00000136. The van der Waals surface area contributed by atoms with Crippen LogP contribution in [0.25, 0.3) is 32.7 Å². The van der Waals surface area contributed by atoms with Crippen molar-refractivity contribution in [3.8, 4) is 22.6 Å². The normalized spacial score (nSPS) is 13.0. The molecular formula is C22H15AlF3LiO3. The zero-order valence-electron chi connectivity index (χ0n) is 17.1. The summed E-state index contributed by atoms with van der Waals surface area (Å²) in [6.45, 7) is -1.41. The summed E-state index contributed by atoms with van der Waals surface area (Å²) in [7, 11) is 0. The molecule has 0 amide bonds. The van der Waals surface area contributed by atoms with Gasteiger partial charge >= 0.3 is 40.2 Å². The minimum absolute atomic E-state index is 0. The van der Waals surface area contributed by atoms with Crippen LogP contribution in [0.1, 0.15) is 1.43 Å². The Morgan fingerprint density at radius 1 is 0.733 bits per heavy atom. The van der Waals surface area contributed by atoms with Crippen molar-refractivity contribution < 1.29 is 44.8 Å². The number of rotatable bonds is 2. The zero-order chi connectivity index (χ0) is 20.0. The van der Waals surface area contributed by atoms with Crippen LogP contribution in [0.5, 0.6) is 11.5 Å². The molecule has 0 saturated carbocycles. The maximum Gasteiger partial charge on any atom is 1.10 e. The molecule has 0 aliphatic carbocycles. The maximum absolute atomic E-state index is 12.7. The summed E-state index contributed by atoms with van der Waals surface area (Å²) in [5.41, 5.74) is 1.61. The molecule has 1 aliphatic heterocycles. The van der Waals surface area contributed by atoms with E-state index in [1.807, 2.05) is 60.7 Å². The molecule has 0 saturated heterocycles.